The predicted molar refractivity (Wildman–Crippen MR) is 124 cm³/mol. The Morgan fingerprint density at radius 1 is 0.875 bits per heavy atom. The Bertz CT molecular complexity index is 1200. The van der Waals surface area contributed by atoms with E-state index in [9.17, 15) is 10.1 Å². The average Bonchev–Trinajstić information content (AvgIpc) is 2.80. The highest BCUT2D eigenvalue weighted by Gasteiger charge is 2.23. The molecule has 0 radical (unpaired) electrons. The summed E-state index contributed by atoms with van der Waals surface area (Å²) in [5, 5.41) is 18.4. The molecule has 2 N–H and O–H groups in total. The van der Waals surface area contributed by atoms with Crippen LogP contribution in [0, 0.1) is 10.1 Å². The molecular weight excluding hydrogens is 430 g/mol. The van der Waals surface area contributed by atoms with Crippen LogP contribution in [0.5, 0.6) is 11.5 Å². The molecule has 0 amide bonds. The van der Waals surface area contributed by atoms with Gasteiger partial charge < -0.3 is 15.4 Å². The third-order valence-corrected chi connectivity index (χ3v) is 4.73. The summed E-state index contributed by atoms with van der Waals surface area (Å²) >= 11 is 5.90. The maximum atomic E-state index is 11.8. The molecule has 0 atom stereocenters. The van der Waals surface area contributed by atoms with E-state index in [1.165, 1.54) is 6.33 Å². The van der Waals surface area contributed by atoms with Crippen LogP contribution >= 0.6 is 11.6 Å². The SMILES string of the molecule is O=[N+]([O-])c1c(NCc2ccc(Cl)cc2)ncnc1Nc1ccc(Oc2ccccc2)cc1. The Morgan fingerprint density at radius 2 is 1.53 bits per heavy atom. The van der Waals surface area contributed by atoms with Crippen molar-refractivity contribution in [1.29, 1.82) is 0 Å². The van der Waals surface area contributed by atoms with Crippen LogP contribution in [0.1, 0.15) is 5.56 Å². The summed E-state index contributed by atoms with van der Waals surface area (Å²) in [6, 6.07) is 23.6. The number of nitrogens with zero attached hydrogens (tertiary/aromatic N) is 3. The molecule has 0 fully saturated rings. The van der Waals surface area contributed by atoms with E-state index in [1.807, 2.05) is 42.5 Å². The van der Waals surface area contributed by atoms with E-state index in [0.29, 0.717) is 23.0 Å². The standard InChI is InChI=1S/C23H18ClN5O3/c24-17-8-6-16(7-9-17)14-25-22-21(29(30)31)23(27-15-26-22)28-18-10-12-20(13-11-18)32-19-4-2-1-3-5-19/h1-13,15H,14H2,(H2,25,26,27,28). The summed E-state index contributed by atoms with van der Waals surface area (Å²) in [5.74, 6) is 1.56. The molecule has 0 saturated heterocycles. The smallest absolute Gasteiger partial charge is 0.353 e. The highest BCUT2D eigenvalue weighted by Crippen LogP contribution is 2.32. The maximum absolute atomic E-state index is 11.8. The molecule has 32 heavy (non-hydrogen) atoms. The van der Waals surface area contributed by atoms with Gasteiger partial charge in [-0.3, -0.25) is 10.1 Å². The summed E-state index contributed by atoms with van der Waals surface area (Å²) < 4.78 is 5.77. The molecule has 0 aliphatic heterocycles. The summed E-state index contributed by atoms with van der Waals surface area (Å²) in [5.41, 5.74) is 1.28. The van der Waals surface area contributed by atoms with Gasteiger partial charge in [-0.15, -0.1) is 0 Å². The van der Waals surface area contributed by atoms with Crippen molar-refractivity contribution in [3.05, 3.63) is 106 Å². The molecule has 3 aromatic carbocycles. The summed E-state index contributed by atoms with van der Waals surface area (Å²) in [4.78, 5) is 19.3. The van der Waals surface area contributed by atoms with Gasteiger partial charge in [0.15, 0.2) is 0 Å². The quantitative estimate of drug-likeness (QED) is 0.245. The molecule has 160 valence electrons. The first-order valence-corrected chi connectivity index (χ1v) is 10.0. The molecule has 0 bridgehead atoms. The number of rotatable bonds is 8. The van der Waals surface area contributed by atoms with E-state index in [1.54, 1.807) is 36.4 Å². The fraction of sp³-hybridized carbons (Fsp3) is 0.0435. The van der Waals surface area contributed by atoms with Crippen molar-refractivity contribution >= 4 is 34.6 Å². The van der Waals surface area contributed by atoms with Crippen molar-refractivity contribution in [2.24, 2.45) is 0 Å². The van der Waals surface area contributed by atoms with Gasteiger partial charge in [0.1, 0.15) is 17.8 Å². The number of halogens is 1. The lowest BCUT2D eigenvalue weighted by atomic mass is 10.2. The van der Waals surface area contributed by atoms with Crippen LogP contribution in [0.2, 0.25) is 5.02 Å². The lowest BCUT2D eigenvalue weighted by Gasteiger charge is -2.11. The fourth-order valence-electron chi connectivity index (χ4n) is 2.93. The van der Waals surface area contributed by atoms with Crippen molar-refractivity contribution in [3.63, 3.8) is 0 Å². The van der Waals surface area contributed by atoms with Gasteiger partial charge in [0.25, 0.3) is 0 Å². The molecular formula is C23H18ClN5O3. The van der Waals surface area contributed by atoms with Crippen LogP contribution in [0.4, 0.5) is 23.0 Å². The topological polar surface area (TPSA) is 102 Å². The number of anilines is 3. The minimum atomic E-state index is -0.514. The van der Waals surface area contributed by atoms with Crippen LogP contribution in [-0.4, -0.2) is 14.9 Å². The molecule has 0 aliphatic carbocycles. The highest BCUT2D eigenvalue weighted by molar-refractivity contribution is 6.30. The van der Waals surface area contributed by atoms with Gasteiger partial charge in [-0.2, -0.15) is 0 Å². The Kier molecular flexibility index (Phi) is 6.43. The number of benzene rings is 3. The van der Waals surface area contributed by atoms with Crippen molar-refractivity contribution in [2.45, 2.75) is 6.54 Å². The molecule has 4 aromatic rings. The molecule has 0 unspecified atom stereocenters. The van der Waals surface area contributed by atoms with E-state index in [2.05, 4.69) is 20.6 Å². The van der Waals surface area contributed by atoms with Crippen molar-refractivity contribution < 1.29 is 9.66 Å². The highest BCUT2D eigenvalue weighted by atomic mass is 35.5. The Balaban J connectivity index is 1.49. The number of ether oxygens (including phenoxy) is 1. The number of para-hydroxylation sites is 1. The molecule has 0 aliphatic rings. The van der Waals surface area contributed by atoms with E-state index in [-0.39, 0.29) is 17.3 Å². The summed E-state index contributed by atoms with van der Waals surface area (Å²) in [6.07, 6.45) is 1.27. The van der Waals surface area contributed by atoms with Gasteiger partial charge in [-0.25, -0.2) is 9.97 Å². The van der Waals surface area contributed by atoms with Crippen LogP contribution in [-0.2, 0) is 6.54 Å². The van der Waals surface area contributed by atoms with Crippen molar-refractivity contribution in [3.8, 4) is 11.5 Å². The van der Waals surface area contributed by atoms with Gasteiger partial charge in [-0.05, 0) is 54.1 Å². The average molecular weight is 448 g/mol. The third kappa shape index (κ3) is 5.30. The van der Waals surface area contributed by atoms with Gasteiger partial charge in [0.2, 0.25) is 11.6 Å². The minimum Gasteiger partial charge on any atom is -0.457 e. The summed E-state index contributed by atoms with van der Waals surface area (Å²) in [7, 11) is 0. The monoisotopic (exact) mass is 447 g/mol. The maximum Gasteiger partial charge on any atom is 0.353 e. The second-order valence-electron chi connectivity index (χ2n) is 6.72. The zero-order chi connectivity index (χ0) is 22.3. The van der Waals surface area contributed by atoms with Gasteiger partial charge in [0.05, 0.1) is 4.92 Å². The van der Waals surface area contributed by atoms with E-state index in [4.69, 9.17) is 16.3 Å². The third-order valence-electron chi connectivity index (χ3n) is 4.47. The zero-order valence-corrected chi connectivity index (χ0v) is 17.5. The lowest BCUT2D eigenvalue weighted by Crippen LogP contribution is -2.08. The second kappa shape index (κ2) is 9.76. The first-order chi connectivity index (χ1) is 15.6. The largest absolute Gasteiger partial charge is 0.457 e. The molecule has 9 heteroatoms. The second-order valence-corrected chi connectivity index (χ2v) is 7.16. The lowest BCUT2D eigenvalue weighted by molar-refractivity contribution is -0.383. The van der Waals surface area contributed by atoms with Gasteiger partial charge in [0, 0.05) is 17.3 Å². The molecule has 4 rings (SSSR count). The number of aromatic nitrogens is 2. The number of nitrogens with one attached hydrogen (secondary N) is 2. The fourth-order valence-corrected chi connectivity index (χ4v) is 3.05. The Morgan fingerprint density at radius 3 is 2.22 bits per heavy atom. The Labute approximate surface area is 189 Å². The van der Waals surface area contributed by atoms with Crippen LogP contribution in [0.3, 0.4) is 0 Å². The van der Waals surface area contributed by atoms with E-state index in [0.717, 1.165) is 11.3 Å². The van der Waals surface area contributed by atoms with Crippen molar-refractivity contribution in [1.82, 2.24) is 9.97 Å². The normalized spacial score (nSPS) is 10.4. The molecule has 0 spiro atoms. The first kappa shape index (κ1) is 21.1. The van der Waals surface area contributed by atoms with Gasteiger partial charge >= 0.3 is 5.69 Å². The molecule has 8 nitrogen and oxygen atoms in total. The van der Waals surface area contributed by atoms with Gasteiger partial charge in [-0.1, -0.05) is 41.9 Å². The first-order valence-electron chi connectivity index (χ1n) is 9.66. The van der Waals surface area contributed by atoms with Crippen molar-refractivity contribution in [2.75, 3.05) is 10.6 Å². The van der Waals surface area contributed by atoms with Crippen LogP contribution in [0.15, 0.2) is 85.2 Å². The minimum absolute atomic E-state index is 0.0836. The summed E-state index contributed by atoms with van der Waals surface area (Å²) in [6.45, 7) is 0.347. The van der Waals surface area contributed by atoms with Crippen LogP contribution in [0.25, 0.3) is 0 Å². The predicted octanol–water partition coefficient (Wildman–Crippen LogP) is 6.19. The Hall–Kier alpha value is -4.17. The molecule has 1 aromatic heterocycles. The molecule has 1 heterocycles. The van der Waals surface area contributed by atoms with E-state index >= 15 is 0 Å². The number of hydrogen-bond donors (Lipinski definition) is 2. The van der Waals surface area contributed by atoms with Crippen LogP contribution < -0.4 is 15.4 Å². The molecule has 0 saturated carbocycles. The van der Waals surface area contributed by atoms with E-state index < -0.39 is 4.92 Å². The number of nitro groups is 1. The number of hydrogen-bond acceptors (Lipinski definition) is 7. The zero-order valence-electron chi connectivity index (χ0n) is 16.7.